The molecule has 4 atom stereocenters. The summed E-state index contributed by atoms with van der Waals surface area (Å²) >= 11 is 5.88. The topological polar surface area (TPSA) is 75.3 Å². The predicted molar refractivity (Wildman–Crippen MR) is 120 cm³/mol. The number of carbonyl (C=O) groups is 1. The molecule has 3 rings (SSSR count). The summed E-state index contributed by atoms with van der Waals surface area (Å²) in [6.07, 6.45) is 3.41. The molecule has 1 saturated carbocycles. The number of hydrogen-bond donors (Lipinski definition) is 2. The molecule has 0 spiro atoms. The van der Waals surface area contributed by atoms with E-state index in [9.17, 15) is 13.2 Å². The molecule has 2 N–H and O–H groups in total. The molecule has 1 fully saturated rings. The highest BCUT2D eigenvalue weighted by Gasteiger charge is 2.32. The second-order valence-electron chi connectivity index (χ2n) is 8.20. The van der Waals surface area contributed by atoms with E-state index in [-0.39, 0.29) is 23.3 Å². The summed E-state index contributed by atoms with van der Waals surface area (Å²) in [4.78, 5) is 13.3. The van der Waals surface area contributed by atoms with Crippen LogP contribution in [0, 0.1) is 11.8 Å². The van der Waals surface area contributed by atoms with Gasteiger partial charge in [0.25, 0.3) is 0 Å². The fourth-order valence-corrected chi connectivity index (χ4v) is 5.30. The van der Waals surface area contributed by atoms with Gasteiger partial charge < -0.3 is 5.32 Å². The number of halogens is 1. The normalized spacial score (nSPS) is 23.0. The third kappa shape index (κ3) is 5.84. The van der Waals surface area contributed by atoms with Crippen LogP contribution in [-0.2, 0) is 21.2 Å². The minimum absolute atomic E-state index is 0.0551. The van der Waals surface area contributed by atoms with Gasteiger partial charge in [0.05, 0.1) is 4.90 Å². The van der Waals surface area contributed by atoms with Crippen LogP contribution in [0.25, 0.3) is 0 Å². The lowest BCUT2D eigenvalue weighted by atomic mass is 9.78. The van der Waals surface area contributed by atoms with Crippen LogP contribution in [0.15, 0.2) is 59.5 Å². The van der Waals surface area contributed by atoms with Crippen molar-refractivity contribution in [3.8, 4) is 0 Å². The molecule has 0 unspecified atom stereocenters. The summed E-state index contributed by atoms with van der Waals surface area (Å²) in [5, 5.41) is 3.57. The zero-order valence-corrected chi connectivity index (χ0v) is 18.9. The van der Waals surface area contributed by atoms with E-state index < -0.39 is 16.1 Å². The Hall–Kier alpha value is -1.89. The van der Waals surface area contributed by atoms with Gasteiger partial charge in [0.15, 0.2) is 0 Å². The summed E-state index contributed by atoms with van der Waals surface area (Å²) in [5.41, 5.74) is 0.890. The van der Waals surface area contributed by atoms with E-state index in [0.717, 1.165) is 24.8 Å². The first kappa shape index (κ1) is 22.8. The van der Waals surface area contributed by atoms with Gasteiger partial charge >= 0.3 is 0 Å². The molecule has 2 aromatic carbocycles. The van der Waals surface area contributed by atoms with Gasteiger partial charge in [-0.15, -0.1) is 0 Å². The third-order valence-electron chi connectivity index (χ3n) is 6.05. The number of sulfonamides is 1. The number of rotatable bonds is 7. The molecule has 5 nitrogen and oxygen atoms in total. The molecule has 0 aromatic heterocycles. The Morgan fingerprint density at radius 1 is 1.07 bits per heavy atom. The molecule has 1 aliphatic carbocycles. The maximum absolute atomic E-state index is 13.2. The molecule has 0 aliphatic heterocycles. The van der Waals surface area contributed by atoms with Crippen LogP contribution in [0.2, 0.25) is 5.02 Å². The number of nitrogens with one attached hydrogen (secondary N) is 2. The van der Waals surface area contributed by atoms with Gasteiger partial charge in [-0.25, -0.2) is 8.42 Å². The number of hydrogen-bond acceptors (Lipinski definition) is 3. The molecule has 1 amide bonds. The molecule has 162 valence electrons. The van der Waals surface area contributed by atoms with Crippen LogP contribution in [0.4, 0.5) is 0 Å². The van der Waals surface area contributed by atoms with E-state index in [4.69, 9.17) is 11.6 Å². The molecule has 2 aromatic rings. The average Bonchev–Trinajstić information content (AvgIpc) is 2.72. The van der Waals surface area contributed by atoms with Crippen LogP contribution in [0.5, 0.6) is 0 Å². The quantitative estimate of drug-likeness (QED) is 0.667. The van der Waals surface area contributed by atoms with Crippen LogP contribution < -0.4 is 10.0 Å². The van der Waals surface area contributed by atoms with Crippen LogP contribution in [0.1, 0.15) is 38.7 Å². The smallest absolute Gasteiger partial charge is 0.241 e. The van der Waals surface area contributed by atoms with Crippen molar-refractivity contribution in [2.45, 2.75) is 56.5 Å². The largest absolute Gasteiger partial charge is 0.352 e. The Balaban J connectivity index is 1.80. The monoisotopic (exact) mass is 448 g/mol. The van der Waals surface area contributed by atoms with Crippen molar-refractivity contribution in [2.24, 2.45) is 11.8 Å². The zero-order chi connectivity index (χ0) is 21.7. The van der Waals surface area contributed by atoms with Crippen molar-refractivity contribution in [3.63, 3.8) is 0 Å². The lowest BCUT2D eigenvalue weighted by Gasteiger charge is -2.35. The van der Waals surface area contributed by atoms with Crippen LogP contribution >= 0.6 is 11.6 Å². The maximum atomic E-state index is 13.2. The predicted octanol–water partition coefficient (Wildman–Crippen LogP) is 4.17. The summed E-state index contributed by atoms with van der Waals surface area (Å²) in [5.74, 6) is 0.595. The Morgan fingerprint density at radius 2 is 1.73 bits per heavy atom. The average molecular weight is 449 g/mol. The lowest BCUT2D eigenvalue weighted by Crippen LogP contribution is -2.53. The number of carbonyl (C=O) groups excluding carboxylic acids is 1. The van der Waals surface area contributed by atoms with E-state index >= 15 is 0 Å². The molecule has 0 saturated heterocycles. The SMILES string of the molecule is C[C@H]1[C@H](C)CCC[C@@H]1NC(=O)[C@@H](Cc1ccccc1)NS(=O)(=O)c1ccc(Cl)cc1. The maximum Gasteiger partial charge on any atom is 0.241 e. The Bertz CT molecular complexity index is 948. The van der Waals surface area contributed by atoms with E-state index in [1.54, 1.807) is 0 Å². The molecular formula is C23H29ClN2O3S. The minimum atomic E-state index is -3.88. The van der Waals surface area contributed by atoms with Gasteiger partial charge in [0.1, 0.15) is 6.04 Å². The summed E-state index contributed by atoms with van der Waals surface area (Å²) in [6, 6.07) is 14.5. The first-order valence-electron chi connectivity index (χ1n) is 10.4. The van der Waals surface area contributed by atoms with Gasteiger partial charge in [-0.3, -0.25) is 4.79 Å². The number of benzene rings is 2. The first-order chi connectivity index (χ1) is 14.3. The van der Waals surface area contributed by atoms with Crippen molar-refractivity contribution in [2.75, 3.05) is 0 Å². The Kier molecular flexibility index (Phi) is 7.55. The zero-order valence-electron chi connectivity index (χ0n) is 17.3. The molecule has 0 radical (unpaired) electrons. The van der Waals surface area contributed by atoms with Crippen molar-refractivity contribution >= 4 is 27.5 Å². The highest BCUT2D eigenvalue weighted by atomic mass is 35.5. The highest BCUT2D eigenvalue weighted by molar-refractivity contribution is 7.89. The minimum Gasteiger partial charge on any atom is -0.352 e. The standard InChI is InChI=1S/C23H29ClN2O3S/c1-16-7-6-10-21(17(16)2)25-23(27)22(15-18-8-4-3-5-9-18)26-30(28,29)20-13-11-19(24)12-14-20/h3-5,8-9,11-14,16-17,21-22,26H,6-7,10,15H2,1-2H3,(H,25,27)/t16-,17+,21+,22-/m1/s1. The summed E-state index contributed by atoms with van der Waals surface area (Å²) in [6.45, 7) is 4.35. The van der Waals surface area contributed by atoms with Crippen molar-refractivity contribution in [1.29, 1.82) is 0 Å². The molecule has 0 heterocycles. The van der Waals surface area contributed by atoms with Crippen LogP contribution in [-0.4, -0.2) is 26.4 Å². The van der Waals surface area contributed by atoms with Gasteiger partial charge in [-0.05, 0) is 54.5 Å². The lowest BCUT2D eigenvalue weighted by molar-refractivity contribution is -0.124. The third-order valence-corrected chi connectivity index (χ3v) is 7.79. The van der Waals surface area contributed by atoms with E-state index in [2.05, 4.69) is 23.9 Å². The van der Waals surface area contributed by atoms with Crippen molar-refractivity contribution < 1.29 is 13.2 Å². The molecule has 0 bridgehead atoms. The Morgan fingerprint density at radius 3 is 2.40 bits per heavy atom. The van der Waals surface area contributed by atoms with Gasteiger partial charge in [0.2, 0.25) is 15.9 Å². The molecule has 1 aliphatic rings. The van der Waals surface area contributed by atoms with E-state index in [1.165, 1.54) is 24.3 Å². The van der Waals surface area contributed by atoms with Crippen LogP contribution in [0.3, 0.4) is 0 Å². The van der Waals surface area contributed by atoms with Crippen molar-refractivity contribution in [1.82, 2.24) is 10.0 Å². The molecule has 7 heteroatoms. The summed E-state index contributed by atoms with van der Waals surface area (Å²) in [7, 11) is -3.88. The van der Waals surface area contributed by atoms with E-state index in [1.807, 2.05) is 30.3 Å². The molecular weight excluding hydrogens is 420 g/mol. The van der Waals surface area contributed by atoms with Gasteiger partial charge in [-0.1, -0.05) is 68.6 Å². The van der Waals surface area contributed by atoms with E-state index in [0.29, 0.717) is 16.9 Å². The molecule has 30 heavy (non-hydrogen) atoms. The fourth-order valence-electron chi connectivity index (χ4n) is 3.98. The van der Waals surface area contributed by atoms with Gasteiger partial charge in [0, 0.05) is 11.1 Å². The number of amides is 1. The second-order valence-corrected chi connectivity index (χ2v) is 10.4. The second kappa shape index (κ2) is 9.94. The van der Waals surface area contributed by atoms with Gasteiger partial charge in [-0.2, -0.15) is 4.72 Å². The summed E-state index contributed by atoms with van der Waals surface area (Å²) < 4.78 is 28.5. The van der Waals surface area contributed by atoms with Crippen molar-refractivity contribution in [3.05, 3.63) is 65.2 Å². The first-order valence-corrected chi connectivity index (χ1v) is 12.2. The Labute approximate surface area is 184 Å². The highest BCUT2D eigenvalue weighted by Crippen LogP contribution is 2.29. The fraction of sp³-hybridized carbons (Fsp3) is 0.435.